The average molecular weight is 266 g/mol. The third kappa shape index (κ3) is 2.46. The van der Waals surface area contributed by atoms with Gasteiger partial charge in [-0.25, -0.2) is 0 Å². The molecular weight excluding hydrogens is 255 g/mol. The Morgan fingerprint density at radius 1 is 1.61 bits per heavy atom. The normalized spacial score (nSPS) is 22.7. The number of thioether (sulfide) groups is 1. The second-order valence-electron chi connectivity index (χ2n) is 4.28. The van der Waals surface area contributed by atoms with E-state index in [1.165, 1.54) is 6.07 Å². The fourth-order valence-electron chi connectivity index (χ4n) is 2.10. The highest BCUT2D eigenvalue weighted by atomic mass is 32.2. The summed E-state index contributed by atoms with van der Waals surface area (Å²) >= 11 is 1.58. The lowest BCUT2D eigenvalue weighted by molar-refractivity contribution is -0.387. The van der Waals surface area contributed by atoms with Crippen molar-refractivity contribution in [1.82, 2.24) is 0 Å². The van der Waals surface area contributed by atoms with Gasteiger partial charge in [-0.15, -0.1) is 11.8 Å². The average Bonchev–Trinajstić information content (AvgIpc) is 2.78. The number of hydrogen-bond acceptors (Lipinski definition) is 4. The van der Waals surface area contributed by atoms with E-state index in [1.807, 2.05) is 0 Å². The number of hydrogen-bond donors (Lipinski definition) is 0. The summed E-state index contributed by atoms with van der Waals surface area (Å²) in [5, 5.41) is 19.7. The number of halogens is 1. The molecule has 1 aliphatic heterocycles. The molecular formula is C12H11FN2O2S. The predicted octanol–water partition coefficient (Wildman–Crippen LogP) is 3.07. The first kappa shape index (κ1) is 12.8. The lowest BCUT2D eigenvalue weighted by Gasteiger charge is -2.19. The Kier molecular flexibility index (Phi) is 3.53. The zero-order valence-electron chi connectivity index (χ0n) is 9.56. The summed E-state index contributed by atoms with van der Waals surface area (Å²) in [6.07, 6.45) is 2.20. The molecule has 2 rings (SSSR count). The standard InChI is InChI=1S/C12H11FN2O2S/c13-10-6-9(2-3-11(10)15(16)17)7-12(8-14)4-1-5-18-12/h2-3,6H,1,4-5,7H2. The Labute approximate surface area is 108 Å². The fourth-order valence-corrected chi connectivity index (χ4v) is 3.40. The van der Waals surface area contributed by atoms with E-state index in [0.717, 1.165) is 30.7 Å². The maximum absolute atomic E-state index is 13.5. The summed E-state index contributed by atoms with van der Waals surface area (Å²) in [4.78, 5) is 9.76. The van der Waals surface area contributed by atoms with E-state index in [1.54, 1.807) is 11.8 Å². The van der Waals surface area contributed by atoms with Crippen LogP contribution < -0.4 is 0 Å². The molecule has 6 heteroatoms. The van der Waals surface area contributed by atoms with Gasteiger partial charge in [-0.2, -0.15) is 9.65 Å². The van der Waals surface area contributed by atoms with Gasteiger partial charge in [-0.05, 0) is 30.2 Å². The molecule has 0 saturated carbocycles. The predicted molar refractivity (Wildman–Crippen MR) is 66.8 cm³/mol. The molecule has 18 heavy (non-hydrogen) atoms. The first-order chi connectivity index (χ1) is 8.56. The van der Waals surface area contributed by atoms with Crippen molar-refractivity contribution in [3.05, 3.63) is 39.7 Å². The number of benzene rings is 1. The van der Waals surface area contributed by atoms with Gasteiger partial charge >= 0.3 is 5.69 Å². The van der Waals surface area contributed by atoms with Crippen LogP contribution in [0.5, 0.6) is 0 Å². The van der Waals surface area contributed by atoms with Crippen LogP contribution in [0.15, 0.2) is 18.2 Å². The van der Waals surface area contributed by atoms with Crippen molar-refractivity contribution < 1.29 is 9.31 Å². The lowest BCUT2D eigenvalue weighted by atomic mass is 9.95. The molecule has 1 fully saturated rings. The number of nitrogens with zero attached hydrogens (tertiary/aromatic N) is 2. The molecule has 1 atom stereocenters. The second kappa shape index (κ2) is 4.94. The summed E-state index contributed by atoms with van der Waals surface area (Å²) in [7, 11) is 0. The smallest absolute Gasteiger partial charge is 0.258 e. The molecule has 1 aromatic carbocycles. The zero-order valence-corrected chi connectivity index (χ0v) is 10.4. The molecule has 1 heterocycles. The lowest BCUT2D eigenvalue weighted by Crippen LogP contribution is -2.21. The monoisotopic (exact) mass is 266 g/mol. The van der Waals surface area contributed by atoms with Gasteiger partial charge in [-0.3, -0.25) is 10.1 Å². The maximum Gasteiger partial charge on any atom is 0.304 e. The van der Waals surface area contributed by atoms with E-state index in [-0.39, 0.29) is 0 Å². The van der Waals surface area contributed by atoms with Crippen molar-refractivity contribution in [3.8, 4) is 6.07 Å². The Bertz CT molecular complexity index is 521. The van der Waals surface area contributed by atoms with Crippen molar-refractivity contribution in [3.63, 3.8) is 0 Å². The van der Waals surface area contributed by atoms with Gasteiger partial charge in [0.2, 0.25) is 5.82 Å². The molecule has 0 bridgehead atoms. The molecule has 0 spiro atoms. The second-order valence-corrected chi connectivity index (χ2v) is 5.76. The minimum absolute atomic E-state index is 0.434. The number of rotatable bonds is 3. The van der Waals surface area contributed by atoms with Crippen LogP contribution in [0.4, 0.5) is 10.1 Å². The summed E-state index contributed by atoms with van der Waals surface area (Å²) in [5.74, 6) is 0.0943. The minimum atomic E-state index is -0.839. The molecule has 4 nitrogen and oxygen atoms in total. The van der Waals surface area contributed by atoms with E-state index in [0.29, 0.717) is 12.0 Å². The molecule has 0 aromatic heterocycles. The zero-order chi connectivity index (χ0) is 13.2. The summed E-state index contributed by atoms with van der Waals surface area (Å²) in [6, 6.07) is 6.14. The van der Waals surface area contributed by atoms with Crippen LogP contribution in [0.25, 0.3) is 0 Å². The number of nitro benzene ring substituents is 1. The summed E-state index contributed by atoms with van der Waals surface area (Å²) in [6.45, 7) is 0. The Balaban J connectivity index is 2.23. The largest absolute Gasteiger partial charge is 0.304 e. The topological polar surface area (TPSA) is 66.9 Å². The number of nitro groups is 1. The molecule has 94 valence electrons. The van der Waals surface area contributed by atoms with Crippen LogP contribution >= 0.6 is 11.8 Å². The van der Waals surface area contributed by atoms with Gasteiger partial charge < -0.3 is 0 Å². The first-order valence-electron chi connectivity index (χ1n) is 5.54. The van der Waals surface area contributed by atoms with Crippen molar-refractivity contribution in [1.29, 1.82) is 5.26 Å². The van der Waals surface area contributed by atoms with E-state index in [4.69, 9.17) is 0 Å². The van der Waals surface area contributed by atoms with Crippen molar-refractivity contribution in [2.24, 2.45) is 0 Å². The van der Waals surface area contributed by atoms with Gasteiger partial charge in [0.15, 0.2) is 0 Å². The van der Waals surface area contributed by atoms with Crippen LogP contribution in [-0.2, 0) is 6.42 Å². The van der Waals surface area contributed by atoms with Crippen LogP contribution in [0.2, 0.25) is 0 Å². The highest BCUT2D eigenvalue weighted by Crippen LogP contribution is 2.40. The Hall–Kier alpha value is -1.61. The van der Waals surface area contributed by atoms with Gasteiger partial charge in [0.1, 0.15) is 4.75 Å². The summed E-state index contributed by atoms with van der Waals surface area (Å²) in [5.41, 5.74) is 0.109. The third-order valence-electron chi connectivity index (χ3n) is 3.01. The van der Waals surface area contributed by atoms with Crippen LogP contribution in [0.3, 0.4) is 0 Å². The SMILES string of the molecule is N#CC1(Cc2ccc([N+](=O)[O-])c(F)c2)CCCS1. The quantitative estimate of drug-likeness (QED) is 0.623. The first-order valence-corrected chi connectivity index (χ1v) is 6.53. The highest BCUT2D eigenvalue weighted by molar-refractivity contribution is 8.01. The Morgan fingerprint density at radius 2 is 2.39 bits per heavy atom. The van der Waals surface area contributed by atoms with E-state index in [2.05, 4.69) is 6.07 Å². The van der Waals surface area contributed by atoms with E-state index >= 15 is 0 Å². The van der Waals surface area contributed by atoms with Gasteiger partial charge in [-0.1, -0.05) is 6.07 Å². The van der Waals surface area contributed by atoms with Gasteiger partial charge in [0.25, 0.3) is 0 Å². The van der Waals surface area contributed by atoms with Crippen LogP contribution in [0, 0.1) is 27.3 Å². The van der Waals surface area contributed by atoms with Crippen LogP contribution in [-0.4, -0.2) is 15.4 Å². The molecule has 1 aliphatic rings. The molecule has 1 aromatic rings. The molecule has 0 amide bonds. The number of nitriles is 1. The fraction of sp³-hybridized carbons (Fsp3) is 0.417. The third-order valence-corrected chi connectivity index (χ3v) is 4.49. The van der Waals surface area contributed by atoms with Crippen LogP contribution in [0.1, 0.15) is 18.4 Å². The van der Waals surface area contributed by atoms with Crippen molar-refractivity contribution in [2.75, 3.05) is 5.75 Å². The molecule has 0 radical (unpaired) electrons. The summed E-state index contributed by atoms with van der Waals surface area (Å²) < 4.78 is 13.0. The molecule has 1 saturated heterocycles. The van der Waals surface area contributed by atoms with Crippen molar-refractivity contribution >= 4 is 17.4 Å². The van der Waals surface area contributed by atoms with E-state index in [9.17, 15) is 19.8 Å². The molecule has 1 unspecified atom stereocenters. The molecule has 0 N–H and O–H groups in total. The van der Waals surface area contributed by atoms with Crippen molar-refractivity contribution in [2.45, 2.75) is 24.0 Å². The van der Waals surface area contributed by atoms with Gasteiger partial charge in [0, 0.05) is 12.5 Å². The van der Waals surface area contributed by atoms with Gasteiger partial charge in [0.05, 0.1) is 11.0 Å². The molecule has 0 aliphatic carbocycles. The Morgan fingerprint density at radius 3 is 2.89 bits per heavy atom. The minimum Gasteiger partial charge on any atom is -0.258 e. The highest BCUT2D eigenvalue weighted by Gasteiger charge is 2.35. The maximum atomic E-state index is 13.5. The van der Waals surface area contributed by atoms with E-state index < -0.39 is 21.2 Å².